The second-order valence-corrected chi connectivity index (χ2v) is 6.96. The lowest BCUT2D eigenvalue weighted by Crippen LogP contribution is -2.10. The highest BCUT2D eigenvalue weighted by Crippen LogP contribution is 2.24. The van der Waals surface area contributed by atoms with Crippen LogP contribution in [0.15, 0.2) is 85.8 Å². The molecule has 5 aromatic rings. The molecule has 0 aliphatic rings. The quantitative estimate of drug-likeness (QED) is 0.475. The molecule has 0 saturated heterocycles. The molecule has 7 nitrogen and oxygen atoms in total. The first-order valence-electron chi connectivity index (χ1n) is 9.65. The van der Waals surface area contributed by atoms with Gasteiger partial charge in [-0.2, -0.15) is 4.98 Å². The summed E-state index contributed by atoms with van der Waals surface area (Å²) in [5.74, 6) is 1.33. The number of imidazole rings is 1. The van der Waals surface area contributed by atoms with Crippen LogP contribution in [0.25, 0.3) is 28.0 Å². The molecule has 146 valence electrons. The molecule has 7 heteroatoms. The minimum Gasteiger partial charge on any atom is -0.348 e. The highest BCUT2D eigenvalue weighted by molar-refractivity contribution is 5.83. The van der Waals surface area contributed by atoms with Gasteiger partial charge in [-0.1, -0.05) is 36.4 Å². The summed E-state index contributed by atoms with van der Waals surface area (Å²) in [7, 11) is 0. The molecule has 30 heavy (non-hydrogen) atoms. The van der Waals surface area contributed by atoms with Crippen LogP contribution >= 0.6 is 0 Å². The van der Waals surface area contributed by atoms with Crippen LogP contribution in [-0.2, 0) is 0 Å². The number of rotatable bonds is 5. The van der Waals surface area contributed by atoms with Gasteiger partial charge in [0.15, 0.2) is 0 Å². The summed E-state index contributed by atoms with van der Waals surface area (Å²) < 4.78 is 1.96. The van der Waals surface area contributed by atoms with Crippen LogP contribution in [-0.4, -0.2) is 29.5 Å². The maximum absolute atomic E-state index is 4.69. The second-order valence-electron chi connectivity index (χ2n) is 6.96. The van der Waals surface area contributed by atoms with Gasteiger partial charge in [0.05, 0.1) is 17.1 Å². The molecule has 0 radical (unpaired) electrons. The van der Waals surface area contributed by atoms with E-state index in [1.54, 1.807) is 24.9 Å². The summed E-state index contributed by atoms with van der Waals surface area (Å²) in [5.41, 5.74) is 5.00. The van der Waals surface area contributed by atoms with E-state index in [0.717, 1.165) is 28.0 Å². The fourth-order valence-electron chi connectivity index (χ4n) is 3.39. The van der Waals surface area contributed by atoms with Crippen LogP contribution < -0.4 is 5.32 Å². The van der Waals surface area contributed by atoms with Gasteiger partial charge in [0, 0.05) is 24.2 Å². The van der Waals surface area contributed by atoms with Crippen molar-refractivity contribution in [2.24, 2.45) is 0 Å². The average Bonchev–Trinajstić information content (AvgIpc) is 3.24. The number of hydrogen-bond donors (Lipinski definition) is 1. The fraction of sp³-hybridized carbons (Fsp3) is 0.0870. The van der Waals surface area contributed by atoms with Gasteiger partial charge in [0.1, 0.15) is 18.5 Å². The Kier molecular flexibility index (Phi) is 4.61. The second kappa shape index (κ2) is 7.71. The van der Waals surface area contributed by atoms with Gasteiger partial charge in [-0.05, 0) is 36.2 Å². The first-order valence-corrected chi connectivity index (χ1v) is 9.65. The monoisotopic (exact) mass is 393 g/mol. The van der Waals surface area contributed by atoms with Crippen LogP contribution in [0.5, 0.6) is 0 Å². The molecule has 0 aliphatic carbocycles. The van der Waals surface area contributed by atoms with E-state index in [-0.39, 0.29) is 6.04 Å². The van der Waals surface area contributed by atoms with Crippen molar-refractivity contribution in [2.75, 3.05) is 5.32 Å². The maximum atomic E-state index is 4.69. The lowest BCUT2D eigenvalue weighted by atomic mass is 10.1. The number of hydrogen-bond acceptors (Lipinski definition) is 6. The van der Waals surface area contributed by atoms with Gasteiger partial charge < -0.3 is 5.32 Å². The Balaban J connectivity index is 1.45. The molecule has 0 saturated carbocycles. The number of nitrogens with zero attached hydrogens (tertiary/aromatic N) is 6. The summed E-state index contributed by atoms with van der Waals surface area (Å²) in [5, 5.41) is 3.37. The number of fused-ring (bicyclic) bond motifs is 1. The molecule has 2 aromatic carbocycles. The summed E-state index contributed by atoms with van der Waals surface area (Å²) in [4.78, 5) is 21.8. The molecule has 0 unspecified atom stereocenters. The van der Waals surface area contributed by atoms with Crippen molar-refractivity contribution in [3.63, 3.8) is 0 Å². The van der Waals surface area contributed by atoms with E-state index in [0.29, 0.717) is 5.95 Å². The van der Waals surface area contributed by atoms with Crippen molar-refractivity contribution in [2.45, 2.75) is 13.0 Å². The first-order chi connectivity index (χ1) is 14.8. The van der Waals surface area contributed by atoms with Crippen molar-refractivity contribution in [3.8, 4) is 16.9 Å². The van der Waals surface area contributed by atoms with E-state index in [1.165, 1.54) is 11.9 Å². The van der Waals surface area contributed by atoms with Gasteiger partial charge in [0.25, 0.3) is 0 Å². The summed E-state index contributed by atoms with van der Waals surface area (Å²) in [6, 6.07) is 18.3. The third kappa shape index (κ3) is 3.48. The van der Waals surface area contributed by atoms with Gasteiger partial charge >= 0.3 is 0 Å². The highest BCUT2D eigenvalue weighted by atomic mass is 15.2. The maximum Gasteiger partial charge on any atom is 0.225 e. The van der Waals surface area contributed by atoms with E-state index in [2.05, 4.69) is 44.3 Å². The topological polar surface area (TPSA) is 81.4 Å². The van der Waals surface area contributed by atoms with Crippen molar-refractivity contribution in [3.05, 3.63) is 91.4 Å². The van der Waals surface area contributed by atoms with E-state index in [1.807, 2.05) is 47.0 Å². The molecule has 0 bridgehead atoms. The van der Waals surface area contributed by atoms with Gasteiger partial charge in [0.2, 0.25) is 5.95 Å². The van der Waals surface area contributed by atoms with E-state index < -0.39 is 0 Å². The molecule has 5 rings (SSSR count). The summed E-state index contributed by atoms with van der Waals surface area (Å²) in [6.45, 7) is 2.09. The largest absolute Gasteiger partial charge is 0.348 e. The minimum absolute atomic E-state index is 0.0941. The molecule has 3 heterocycles. The predicted octanol–water partition coefficient (Wildman–Crippen LogP) is 4.45. The molecule has 0 amide bonds. The fourth-order valence-corrected chi connectivity index (χ4v) is 3.39. The van der Waals surface area contributed by atoms with Crippen LogP contribution in [0, 0.1) is 0 Å². The first kappa shape index (κ1) is 17.9. The third-order valence-electron chi connectivity index (χ3n) is 4.97. The molecular formula is C23H19N7. The Bertz CT molecular complexity index is 1280. The zero-order valence-electron chi connectivity index (χ0n) is 16.3. The molecular weight excluding hydrogens is 374 g/mol. The number of aromatic nitrogens is 6. The standard InChI is InChI=1S/C23H19N7/c1-16(17-5-3-2-4-6-17)28-23-26-10-9-22(29-23)30-15-27-20-11-18(7-8-21(20)30)19-12-24-14-25-13-19/h2-16H,1H3,(H,26,28,29)/t16-/m0/s1. The van der Waals surface area contributed by atoms with Crippen LogP contribution in [0.3, 0.4) is 0 Å². The van der Waals surface area contributed by atoms with E-state index >= 15 is 0 Å². The Morgan fingerprint density at radius 3 is 2.57 bits per heavy atom. The van der Waals surface area contributed by atoms with Crippen molar-refractivity contribution in [1.82, 2.24) is 29.5 Å². The van der Waals surface area contributed by atoms with Gasteiger partial charge in [-0.15, -0.1) is 0 Å². The molecule has 1 N–H and O–H groups in total. The van der Waals surface area contributed by atoms with E-state index in [9.17, 15) is 0 Å². The summed E-state index contributed by atoms with van der Waals surface area (Å²) >= 11 is 0. The Hall–Kier alpha value is -4.13. The van der Waals surface area contributed by atoms with Crippen LogP contribution in [0.4, 0.5) is 5.95 Å². The lowest BCUT2D eigenvalue weighted by Gasteiger charge is -2.14. The molecule has 0 fully saturated rings. The summed E-state index contributed by atoms with van der Waals surface area (Å²) in [6.07, 6.45) is 8.64. The van der Waals surface area contributed by atoms with Gasteiger partial charge in [-0.3, -0.25) is 4.57 Å². The Morgan fingerprint density at radius 2 is 1.73 bits per heavy atom. The molecule has 0 aliphatic heterocycles. The number of benzene rings is 2. The Morgan fingerprint density at radius 1 is 0.900 bits per heavy atom. The molecule has 1 atom stereocenters. The lowest BCUT2D eigenvalue weighted by molar-refractivity contribution is 0.854. The third-order valence-corrected chi connectivity index (χ3v) is 4.97. The van der Waals surface area contributed by atoms with Crippen molar-refractivity contribution < 1.29 is 0 Å². The van der Waals surface area contributed by atoms with Crippen LogP contribution in [0.2, 0.25) is 0 Å². The predicted molar refractivity (Wildman–Crippen MR) is 116 cm³/mol. The zero-order valence-corrected chi connectivity index (χ0v) is 16.3. The normalized spacial score (nSPS) is 12.0. The molecule has 0 spiro atoms. The van der Waals surface area contributed by atoms with Crippen molar-refractivity contribution in [1.29, 1.82) is 0 Å². The number of anilines is 1. The van der Waals surface area contributed by atoms with E-state index in [4.69, 9.17) is 4.98 Å². The average molecular weight is 393 g/mol. The number of nitrogens with one attached hydrogen (secondary N) is 1. The van der Waals surface area contributed by atoms with Crippen molar-refractivity contribution >= 4 is 17.0 Å². The smallest absolute Gasteiger partial charge is 0.225 e. The van der Waals surface area contributed by atoms with Crippen LogP contribution in [0.1, 0.15) is 18.5 Å². The minimum atomic E-state index is 0.0941. The zero-order chi connectivity index (χ0) is 20.3. The SMILES string of the molecule is C[C@H](Nc1nccc(-n2cnc3cc(-c4cncnc4)ccc32)n1)c1ccccc1. The molecule has 3 aromatic heterocycles. The highest BCUT2D eigenvalue weighted by Gasteiger charge is 2.11. The van der Waals surface area contributed by atoms with Gasteiger partial charge in [-0.25, -0.2) is 19.9 Å². The Labute approximate surface area is 173 Å².